The third-order valence-corrected chi connectivity index (χ3v) is 4.75. The van der Waals surface area contributed by atoms with E-state index in [0.717, 1.165) is 37.8 Å². The molecule has 1 aliphatic carbocycles. The van der Waals surface area contributed by atoms with Gasteiger partial charge in [0.1, 0.15) is 0 Å². The highest BCUT2D eigenvalue weighted by molar-refractivity contribution is 4.79. The van der Waals surface area contributed by atoms with Gasteiger partial charge >= 0.3 is 0 Å². The van der Waals surface area contributed by atoms with Crippen molar-refractivity contribution in [1.82, 2.24) is 5.32 Å². The minimum atomic E-state index is -0.485. The van der Waals surface area contributed by atoms with Crippen LogP contribution < -0.4 is 5.32 Å². The van der Waals surface area contributed by atoms with E-state index in [1.54, 1.807) is 0 Å². The molecule has 0 heterocycles. The maximum atomic E-state index is 10.2. The number of hydrogen-bond donors (Lipinski definition) is 2. The van der Waals surface area contributed by atoms with Crippen LogP contribution in [0.15, 0.2) is 0 Å². The van der Waals surface area contributed by atoms with Gasteiger partial charge < -0.3 is 10.4 Å². The van der Waals surface area contributed by atoms with Gasteiger partial charge in [0.25, 0.3) is 0 Å². The van der Waals surface area contributed by atoms with Crippen LogP contribution in [0.1, 0.15) is 65.7 Å². The summed E-state index contributed by atoms with van der Waals surface area (Å²) in [5.41, 5.74) is -0.485. The molecule has 0 aliphatic heterocycles. The third kappa shape index (κ3) is 4.97. The zero-order chi connectivity index (χ0) is 12.7. The first-order chi connectivity index (χ1) is 8.13. The molecule has 0 radical (unpaired) electrons. The van der Waals surface area contributed by atoms with E-state index >= 15 is 0 Å². The van der Waals surface area contributed by atoms with Crippen LogP contribution in [0.25, 0.3) is 0 Å². The molecule has 1 aliphatic rings. The lowest BCUT2D eigenvalue weighted by Crippen LogP contribution is -2.41. The summed E-state index contributed by atoms with van der Waals surface area (Å²) >= 11 is 0. The van der Waals surface area contributed by atoms with Gasteiger partial charge in [0, 0.05) is 6.54 Å². The van der Waals surface area contributed by atoms with Gasteiger partial charge in [-0.3, -0.25) is 0 Å². The summed E-state index contributed by atoms with van der Waals surface area (Å²) in [6.07, 6.45) is 8.62. The predicted molar refractivity (Wildman–Crippen MR) is 74.1 cm³/mol. The van der Waals surface area contributed by atoms with Gasteiger partial charge in [-0.15, -0.1) is 0 Å². The molecule has 0 spiro atoms. The van der Waals surface area contributed by atoms with Crippen LogP contribution in [0.4, 0.5) is 0 Å². The van der Waals surface area contributed by atoms with Gasteiger partial charge in [-0.2, -0.15) is 0 Å². The molecule has 17 heavy (non-hydrogen) atoms. The Morgan fingerprint density at radius 2 is 1.53 bits per heavy atom. The van der Waals surface area contributed by atoms with E-state index in [0.29, 0.717) is 0 Å². The maximum absolute atomic E-state index is 10.2. The molecule has 102 valence electrons. The van der Waals surface area contributed by atoms with Crippen LogP contribution in [-0.4, -0.2) is 23.8 Å². The Morgan fingerprint density at radius 3 is 2.00 bits per heavy atom. The molecular weight excluding hydrogens is 210 g/mol. The van der Waals surface area contributed by atoms with Gasteiger partial charge in [0.15, 0.2) is 0 Å². The molecule has 0 unspecified atom stereocenters. The third-order valence-electron chi connectivity index (χ3n) is 4.75. The van der Waals surface area contributed by atoms with Gasteiger partial charge in [-0.25, -0.2) is 0 Å². The Kier molecular flexibility index (Phi) is 6.50. The summed E-state index contributed by atoms with van der Waals surface area (Å²) in [6, 6.07) is 0. The standard InChI is InChI=1S/C15H31NO/c1-4-13-7-9-14(10-8-13)11-16-12-15(17,5-2)6-3/h13-14,16-17H,4-12H2,1-3H3. The molecule has 1 saturated carbocycles. The molecule has 0 saturated heterocycles. The quantitative estimate of drug-likeness (QED) is 0.716. The van der Waals surface area contributed by atoms with Crippen molar-refractivity contribution in [3.05, 3.63) is 0 Å². The van der Waals surface area contributed by atoms with Crippen molar-refractivity contribution in [2.75, 3.05) is 13.1 Å². The maximum Gasteiger partial charge on any atom is 0.0766 e. The Labute approximate surface area is 107 Å². The van der Waals surface area contributed by atoms with E-state index in [1.165, 1.54) is 32.1 Å². The largest absolute Gasteiger partial charge is 0.389 e. The van der Waals surface area contributed by atoms with E-state index in [4.69, 9.17) is 0 Å². The Bertz CT molecular complexity index is 193. The molecule has 0 aromatic heterocycles. The van der Waals surface area contributed by atoms with Crippen LogP contribution in [0, 0.1) is 11.8 Å². The smallest absolute Gasteiger partial charge is 0.0766 e. The molecule has 0 aromatic rings. The fraction of sp³-hybridized carbons (Fsp3) is 1.00. The Balaban J connectivity index is 2.15. The normalized spacial score (nSPS) is 26.1. The van der Waals surface area contributed by atoms with Crippen LogP contribution in [0.5, 0.6) is 0 Å². The molecule has 1 rings (SSSR count). The second kappa shape index (κ2) is 7.38. The predicted octanol–water partition coefficient (Wildman–Crippen LogP) is 3.34. The molecule has 0 bridgehead atoms. The molecule has 1 fully saturated rings. The first kappa shape index (κ1) is 15.0. The minimum absolute atomic E-state index is 0.485. The van der Waals surface area contributed by atoms with Crippen LogP contribution in [0.2, 0.25) is 0 Å². The van der Waals surface area contributed by atoms with Crippen LogP contribution in [-0.2, 0) is 0 Å². The van der Waals surface area contributed by atoms with E-state index in [-0.39, 0.29) is 0 Å². The number of rotatable bonds is 7. The fourth-order valence-electron chi connectivity index (χ4n) is 2.85. The molecule has 2 heteroatoms. The summed E-state index contributed by atoms with van der Waals surface area (Å²) in [7, 11) is 0. The van der Waals surface area contributed by atoms with Crippen molar-refractivity contribution in [2.45, 2.75) is 71.3 Å². The van der Waals surface area contributed by atoms with Gasteiger partial charge in [0.05, 0.1) is 5.60 Å². The summed E-state index contributed by atoms with van der Waals surface area (Å²) in [4.78, 5) is 0. The number of aliphatic hydroxyl groups is 1. The lowest BCUT2D eigenvalue weighted by molar-refractivity contribution is 0.0312. The van der Waals surface area contributed by atoms with Gasteiger partial charge in [-0.1, -0.05) is 40.0 Å². The Morgan fingerprint density at radius 1 is 1.00 bits per heavy atom. The van der Waals surface area contributed by atoms with E-state index in [1.807, 2.05) is 0 Å². The summed E-state index contributed by atoms with van der Waals surface area (Å²) < 4.78 is 0. The molecule has 2 N–H and O–H groups in total. The second-order valence-corrected chi connectivity index (χ2v) is 5.86. The average Bonchev–Trinajstić information content (AvgIpc) is 2.39. The first-order valence-electron chi connectivity index (χ1n) is 7.56. The molecule has 2 nitrogen and oxygen atoms in total. The minimum Gasteiger partial charge on any atom is -0.389 e. The van der Waals surface area contributed by atoms with Gasteiger partial charge in [-0.05, 0) is 44.1 Å². The highest BCUT2D eigenvalue weighted by atomic mass is 16.3. The fourth-order valence-corrected chi connectivity index (χ4v) is 2.85. The molecule has 0 amide bonds. The molecule has 0 aromatic carbocycles. The van der Waals surface area contributed by atoms with E-state index in [9.17, 15) is 5.11 Å². The highest BCUT2D eigenvalue weighted by Gasteiger charge is 2.23. The lowest BCUT2D eigenvalue weighted by Gasteiger charge is -2.30. The van der Waals surface area contributed by atoms with E-state index in [2.05, 4.69) is 26.1 Å². The number of nitrogens with one attached hydrogen (secondary N) is 1. The van der Waals surface area contributed by atoms with Crippen molar-refractivity contribution >= 4 is 0 Å². The molecular formula is C15H31NO. The second-order valence-electron chi connectivity index (χ2n) is 5.86. The topological polar surface area (TPSA) is 32.3 Å². The molecule has 0 atom stereocenters. The monoisotopic (exact) mass is 241 g/mol. The van der Waals surface area contributed by atoms with E-state index < -0.39 is 5.60 Å². The van der Waals surface area contributed by atoms with Crippen LogP contribution >= 0.6 is 0 Å². The lowest BCUT2D eigenvalue weighted by atomic mass is 9.81. The van der Waals surface area contributed by atoms with Crippen molar-refractivity contribution in [3.8, 4) is 0 Å². The zero-order valence-electron chi connectivity index (χ0n) is 12.0. The van der Waals surface area contributed by atoms with Crippen molar-refractivity contribution < 1.29 is 5.11 Å². The average molecular weight is 241 g/mol. The summed E-state index contributed by atoms with van der Waals surface area (Å²) in [5.74, 6) is 1.82. The highest BCUT2D eigenvalue weighted by Crippen LogP contribution is 2.30. The SMILES string of the molecule is CCC1CCC(CNCC(O)(CC)CC)CC1. The summed E-state index contributed by atoms with van der Waals surface area (Å²) in [6.45, 7) is 8.30. The van der Waals surface area contributed by atoms with Gasteiger partial charge in [0.2, 0.25) is 0 Å². The van der Waals surface area contributed by atoms with Crippen molar-refractivity contribution in [3.63, 3.8) is 0 Å². The van der Waals surface area contributed by atoms with Crippen LogP contribution in [0.3, 0.4) is 0 Å². The summed E-state index contributed by atoms with van der Waals surface area (Å²) in [5, 5.41) is 13.7. The van der Waals surface area contributed by atoms with Crippen molar-refractivity contribution in [2.24, 2.45) is 11.8 Å². The zero-order valence-corrected chi connectivity index (χ0v) is 12.0. The Hall–Kier alpha value is -0.0800. The first-order valence-corrected chi connectivity index (χ1v) is 7.56. The number of hydrogen-bond acceptors (Lipinski definition) is 2. The van der Waals surface area contributed by atoms with Crippen molar-refractivity contribution in [1.29, 1.82) is 0 Å².